The number of hydrogen-bond donors (Lipinski definition) is 0. The lowest BCUT2D eigenvalue weighted by Crippen LogP contribution is -2.33. The SMILES string of the molecule is CC(Oc1nc2ccccc2c(=O)n1C)C(F)(F)F. The maximum atomic E-state index is 12.4. The summed E-state index contributed by atoms with van der Waals surface area (Å²) in [7, 11) is 1.32. The third kappa shape index (κ3) is 2.54. The Hall–Kier alpha value is -2.05. The van der Waals surface area contributed by atoms with Gasteiger partial charge in [0.2, 0.25) is 0 Å². The zero-order chi connectivity index (χ0) is 14.2. The van der Waals surface area contributed by atoms with Crippen molar-refractivity contribution in [2.45, 2.75) is 19.2 Å². The summed E-state index contributed by atoms with van der Waals surface area (Å²) in [6.45, 7) is 0.862. The molecular formula is C12H11F3N2O2. The molecule has 1 aromatic carbocycles. The van der Waals surface area contributed by atoms with E-state index in [9.17, 15) is 18.0 Å². The molecule has 4 nitrogen and oxygen atoms in total. The second kappa shape index (κ2) is 4.56. The van der Waals surface area contributed by atoms with Crippen LogP contribution in [0.1, 0.15) is 6.92 Å². The van der Waals surface area contributed by atoms with Gasteiger partial charge in [-0.1, -0.05) is 12.1 Å². The number of benzene rings is 1. The molecule has 0 spiro atoms. The fourth-order valence-electron chi connectivity index (χ4n) is 1.53. The van der Waals surface area contributed by atoms with Gasteiger partial charge in [-0.15, -0.1) is 0 Å². The molecule has 0 aliphatic rings. The van der Waals surface area contributed by atoms with Crippen molar-refractivity contribution in [3.63, 3.8) is 0 Å². The van der Waals surface area contributed by atoms with Crippen LogP contribution in [0.2, 0.25) is 0 Å². The summed E-state index contributed by atoms with van der Waals surface area (Å²) in [5.74, 6) is 0. The van der Waals surface area contributed by atoms with Crippen LogP contribution in [0.15, 0.2) is 29.1 Å². The van der Waals surface area contributed by atoms with E-state index in [4.69, 9.17) is 4.74 Å². The third-order valence-corrected chi connectivity index (χ3v) is 2.69. The van der Waals surface area contributed by atoms with Crippen LogP contribution in [0.5, 0.6) is 6.01 Å². The molecule has 1 heterocycles. The van der Waals surface area contributed by atoms with E-state index in [2.05, 4.69) is 4.98 Å². The van der Waals surface area contributed by atoms with Crippen LogP contribution in [-0.2, 0) is 7.05 Å². The standard InChI is InChI=1S/C12H11F3N2O2/c1-7(12(13,14)15)19-11-16-9-6-4-3-5-8(9)10(18)17(11)2/h3-7H,1-2H3. The highest BCUT2D eigenvalue weighted by Crippen LogP contribution is 2.24. The molecule has 102 valence electrons. The predicted octanol–water partition coefficient (Wildman–Crippen LogP) is 2.26. The normalized spacial score (nSPS) is 13.5. The molecule has 1 atom stereocenters. The summed E-state index contributed by atoms with van der Waals surface area (Å²) in [5, 5.41) is 0.331. The van der Waals surface area contributed by atoms with Crippen LogP contribution >= 0.6 is 0 Å². The minimum atomic E-state index is -4.51. The zero-order valence-electron chi connectivity index (χ0n) is 10.2. The topological polar surface area (TPSA) is 44.1 Å². The molecule has 0 saturated heterocycles. The Morgan fingerprint density at radius 1 is 1.32 bits per heavy atom. The van der Waals surface area contributed by atoms with E-state index >= 15 is 0 Å². The predicted molar refractivity (Wildman–Crippen MR) is 63.1 cm³/mol. The van der Waals surface area contributed by atoms with E-state index in [1.807, 2.05) is 0 Å². The Labute approximate surface area is 106 Å². The van der Waals surface area contributed by atoms with E-state index in [-0.39, 0.29) is 6.01 Å². The summed E-state index contributed by atoms with van der Waals surface area (Å²) >= 11 is 0. The van der Waals surface area contributed by atoms with Crippen molar-refractivity contribution in [1.82, 2.24) is 9.55 Å². The number of para-hydroxylation sites is 1. The average Bonchev–Trinajstić information content (AvgIpc) is 2.34. The molecule has 0 saturated carbocycles. The first-order valence-electron chi connectivity index (χ1n) is 5.50. The number of ether oxygens (including phenoxy) is 1. The van der Waals surface area contributed by atoms with Crippen LogP contribution in [0.4, 0.5) is 13.2 Å². The summed E-state index contributed by atoms with van der Waals surface area (Å²) in [6, 6.07) is 6.05. The largest absolute Gasteiger partial charge is 0.452 e. The Morgan fingerprint density at radius 2 is 1.95 bits per heavy atom. The highest BCUT2D eigenvalue weighted by molar-refractivity contribution is 5.77. The first kappa shape index (κ1) is 13.4. The lowest BCUT2D eigenvalue weighted by atomic mass is 10.2. The number of nitrogens with zero attached hydrogens (tertiary/aromatic N) is 2. The highest BCUT2D eigenvalue weighted by atomic mass is 19.4. The quantitative estimate of drug-likeness (QED) is 0.842. The van der Waals surface area contributed by atoms with E-state index in [0.29, 0.717) is 10.9 Å². The number of alkyl halides is 3. The Bertz CT molecular complexity index is 664. The van der Waals surface area contributed by atoms with Gasteiger partial charge in [-0.3, -0.25) is 9.36 Å². The number of hydrogen-bond acceptors (Lipinski definition) is 3. The molecule has 1 aromatic heterocycles. The highest BCUT2D eigenvalue weighted by Gasteiger charge is 2.38. The molecule has 7 heteroatoms. The molecule has 0 radical (unpaired) electrons. The molecule has 1 unspecified atom stereocenters. The summed E-state index contributed by atoms with van der Waals surface area (Å²) in [5.41, 5.74) is -0.148. The fraction of sp³-hybridized carbons (Fsp3) is 0.333. The number of aromatic nitrogens is 2. The summed E-state index contributed by atoms with van der Waals surface area (Å²) in [4.78, 5) is 15.9. The maximum Gasteiger partial charge on any atom is 0.425 e. The van der Waals surface area contributed by atoms with Crippen LogP contribution in [0.25, 0.3) is 10.9 Å². The van der Waals surface area contributed by atoms with Gasteiger partial charge in [0.15, 0.2) is 6.10 Å². The minimum Gasteiger partial charge on any atom is -0.452 e. The minimum absolute atomic E-state index is 0.301. The number of halogens is 3. The van der Waals surface area contributed by atoms with E-state index < -0.39 is 17.8 Å². The van der Waals surface area contributed by atoms with Gasteiger partial charge in [0.05, 0.1) is 10.9 Å². The van der Waals surface area contributed by atoms with Crippen molar-refractivity contribution < 1.29 is 17.9 Å². The van der Waals surface area contributed by atoms with Crippen molar-refractivity contribution in [3.05, 3.63) is 34.6 Å². The lowest BCUT2D eigenvalue weighted by Gasteiger charge is -2.18. The molecule has 0 aliphatic carbocycles. The van der Waals surface area contributed by atoms with Crippen molar-refractivity contribution in [2.75, 3.05) is 0 Å². The van der Waals surface area contributed by atoms with E-state index in [0.717, 1.165) is 11.5 Å². The Morgan fingerprint density at radius 3 is 2.58 bits per heavy atom. The second-order valence-electron chi connectivity index (χ2n) is 4.08. The van der Waals surface area contributed by atoms with Gasteiger partial charge < -0.3 is 4.74 Å². The molecule has 0 aliphatic heterocycles. The van der Waals surface area contributed by atoms with Gasteiger partial charge in [-0.2, -0.15) is 18.2 Å². The van der Waals surface area contributed by atoms with E-state index in [1.54, 1.807) is 24.3 Å². The average molecular weight is 272 g/mol. The third-order valence-electron chi connectivity index (χ3n) is 2.69. The molecule has 2 rings (SSSR count). The van der Waals surface area contributed by atoms with Gasteiger partial charge in [-0.05, 0) is 19.1 Å². The monoisotopic (exact) mass is 272 g/mol. The van der Waals surface area contributed by atoms with Crippen LogP contribution < -0.4 is 10.3 Å². The number of rotatable bonds is 2. The molecule has 0 bridgehead atoms. The second-order valence-corrected chi connectivity index (χ2v) is 4.08. The first-order chi connectivity index (χ1) is 8.80. The Kier molecular flexibility index (Phi) is 3.21. The number of fused-ring (bicyclic) bond motifs is 1. The van der Waals surface area contributed by atoms with Gasteiger partial charge in [0.25, 0.3) is 11.6 Å². The molecule has 2 aromatic rings. The fourth-order valence-corrected chi connectivity index (χ4v) is 1.53. The van der Waals surface area contributed by atoms with Gasteiger partial charge in [-0.25, -0.2) is 0 Å². The molecular weight excluding hydrogens is 261 g/mol. The van der Waals surface area contributed by atoms with Crippen molar-refractivity contribution in [3.8, 4) is 6.01 Å². The summed E-state index contributed by atoms with van der Waals surface area (Å²) < 4.78 is 43.0. The first-order valence-corrected chi connectivity index (χ1v) is 5.50. The van der Waals surface area contributed by atoms with Crippen molar-refractivity contribution in [2.24, 2.45) is 7.05 Å². The molecule has 19 heavy (non-hydrogen) atoms. The van der Waals surface area contributed by atoms with E-state index in [1.165, 1.54) is 7.05 Å². The van der Waals surface area contributed by atoms with Crippen molar-refractivity contribution >= 4 is 10.9 Å². The molecule has 0 fully saturated rings. The maximum absolute atomic E-state index is 12.4. The van der Waals surface area contributed by atoms with Crippen molar-refractivity contribution in [1.29, 1.82) is 0 Å². The van der Waals surface area contributed by atoms with Crippen LogP contribution in [0, 0.1) is 0 Å². The van der Waals surface area contributed by atoms with Crippen LogP contribution in [0.3, 0.4) is 0 Å². The smallest absolute Gasteiger partial charge is 0.425 e. The molecule has 0 amide bonds. The van der Waals surface area contributed by atoms with Crippen LogP contribution in [-0.4, -0.2) is 21.8 Å². The van der Waals surface area contributed by atoms with Gasteiger partial charge in [0, 0.05) is 7.05 Å². The van der Waals surface area contributed by atoms with Gasteiger partial charge >= 0.3 is 6.18 Å². The zero-order valence-corrected chi connectivity index (χ0v) is 10.2. The van der Waals surface area contributed by atoms with Gasteiger partial charge in [0.1, 0.15) is 0 Å². The lowest BCUT2D eigenvalue weighted by molar-refractivity contribution is -0.191. The Balaban J connectivity index is 2.50. The molecule has 0 N–H and O–H groups in total. The summed E-state index contributed by atoms with van der Waals surface area (Å²) in [6.07, 6.45) is -6.55.